The van der Waals surface area contributed by atoms with Crippen LogP contribution < -0.4 is 10.6 Å². The fourth-order valence-electron chi connectivity index (χ4n) is 2.21. The van der Waals surface area contributed by atoms with Gasteiger partial charge >= 0.3 is 0 Å². The van der Waals surface area contributed by atoms with Crippen molar-refractivity contribution in [1.82, 2.24) is 10.6 Å². The molecule has 0 aliphatic heterocycles. The zero-order valence-electron chi connectivity index (χ0n) is 12.0. The van der Waals surface area contributed by atoms with E-state index in [4.69, 9.17) is 4.42 Å². The van der Waals surface area contributed by atoms with Crippen LogP contribution in [0.5, 0.6) is 0 Å². The molecule has 19 heavy (non-hydrogen) atoms. The van der Waals surface area contributed by atoms with Crippen LogP contribution >= 0.6 is 0 Å². The zero-order chi connectivity index (χ0) is 13.8. The van der Waals surface area contributed by atoms with Crippen molar-refractivity contribution in [2.24, 2.45) is 5.92 Å². The number of carbonyl (C=O) groups is 1. The van der Waals surface area contributed by atoms with Crippen molar-refractivity contribution >= 4 is 5.91 Å². The predicted octanol–water partition coefficient (Wildman–Crippen LogP) is 2.41. The summed E-state index contributed by atoms with van der Waals surface area (Å²) in [6.45, 7) is 7.55. The fourth-order valence-corrected chi connectivity index (χ4v) is 2.21. The highest BCUT2D eigenvalue weighted by Gasteiger charge is 2.36. The van der Waals surface area contributed by atoms with Crippen LogP contribution in [0.3, 0.4) is 0 Å². The van der Waals surface area contributed by atoms with Gasteiger partial charge in [-0.25, -0.2) is 0 Å². The lowest BCUT2D eigenvalue weighted by atomic mass is 10.3. The van der Waals surface area contributed by atoms with Gasteiger partial charge in [0.15, 0.2) is 0 Å². The van der Waals surface area contributed by atoms with Crippen LogP contribution in [0.1, 0.15) is 51.1 Å². The van der Waals surface area contributed by atoms with Crippen molar-refractivity contribution in [1.29, 1.82) is 0 Å². The van der Waals surface area contributed by atoms with E-state index in [1.54, 1.807) is 0 Å². The van der Waals surface area contributed by atoms with Crippen molar-refractivity contribution in [2.75, 3.05) is 6.54 Å². The maximum Gasteiger partial charge on any atom is 0.221 e. The number of furan rings is 1. The minimum atomic E-state index is 0.0921. The molecule has 0 aromatic carbocycles. The molecule has 2 atom stereocenters. The molecule has 2 N–H and O–H groups in total. The van der Waals surface area contributed by atoms with Gasteiger partial charge in [-0.2, -0.15) is 0 Å². The van der Waals surface area contributed by atoms with Gasteiger partial charge in [0.2, 0.25) is 5.91 Å². The van der Waals surface area contributed by atoms with Gasteiger partial charge in [-0.1, -0.05) is 6.92 Å². The molecule has 4 nitrogen and oxygen atoms in total. The first-order chi connectivity index (χ1) is 9.06. The van der Waals surface area contributed by atoms with Crippen molar-refractivity contribution in [3.8, 4) is 0 Å². The van der Waals surface area contributed by atoms with Crippen molar-refractivity contribution in [3.05, 3.63) is 23.7 Å². The molecule has 1 saturated carbocycles. The van der Waals surface area contributed by atoms with E-state index in [-0.39, 0.29) is 11.9 Å². The Hall–Kier alpha value is -1.29. The first kappa shape index (κ1) is 14.1. The van der Waals surface area contributed by atoms with Gasteiger partial charge in [0.05, 0.1) is 6.54 Å². The van der Waals surface area contributed by atoms with Gasteiger partial charge in [-0.15, -0.1) is 0 Å². The molecule has 1 aromatic rings. The Morgan fingerprint density at radius 1 is 1.47 bits per heavy atom. The van der Waals surface area contributed by atoms with Gasteiger partial charge in [-0.05, 0) is 38.3 Å². The van der Waals surface area contributed by atoms with E-state index in [1.807, 2.05) is 19.9 Å². The quantitative estimate of drug-likeness (QED) is 0.744. The lowest BCUT2D eigenvalue weighted by Crippen LogP contribution is -2.32. The molecular formula is C15H24N2O2. The summed E-state index contributed by atoms with van der Waals surface area (Å²) in [6, 6.07) is 4.32. The molecular weight excluding hydrogens is 240 g/mol. The van der Waals surface area contributed by atoms with Crippen LogP contribution in [-0.2, 0) is 11.3 Å². The number of hydrogen-bond acceptors (Lipinski definition) is 3. The molecule has 1 aliphatic carbocycles. The van der Waals surface area contributed by atoms with Gasteiger partial charge in [0, 0.05) is 24.9 Å². The molecule has 0 spiro atoms. The SMILES string of the molecule is CC(C)NC(=O)CCNCc1ccc(C2CC2C)o1. The van der Waals surface area contributed by atoms with Crippen LogP contribution in [0.25, 0.3) is 0 Å². The standard InChI is InChI=1S/C15H24N2O2/c1-10(2)17-15(18)6-7-16-9-12-4-5-14(19-12)13-8-11(13)3/h4-5,10-11,13,16H,6-9H2,1-3H3,(H,17,18). The third kappa shape index (κ3) is 4.39. The highest BCUT2D eigenvalue weighted by molar-refractivity contribution is 5.76. The van der Waals surface area contributed by atoms with Crippen LogP contribution in [-0.4, -0.2) is 18.5 Å². The van der Waals surface area contributed by atoms with E-state index in [0.717, 1.165) is 17.4 Å². The average molecular weight is 264 g/mol. The Morgan fingerprint density at radius 3 is 2.84 bits per heavy atom. The highest BCUT2D eigenvalue weighted by atomic mass is 16.3. The lowest BCUT2D eigenvalue weighted by molar-refractivity contribution is -0.121. The summed E-state index contributed by atoms with van der Waals surface area (Å²) in [5, 5.41) is 6.11. The third-order valence-corrected chi connectivity index (χ3v) is 3.44. The summed E-state index contributed by atoms with van der Waals surface area (Å²) in [4.78, 5) is 11.4. The molecule has 1 aliphatic rings. The Balaban J connectivity index is 1.63. The highest BCUT2D eigenvalue weighted by Crippen LogP contribution is 2.47. The molecule has 1 fully saturated rings. The smallest absolute Gasteiger partial charge is 0.221 e. The summed E-state index contributed by atoms with van der Waals surface area (Å²) in [5.41, 5.74) is 0. The average Bonchev–Trinajstić information content (AvgIpc) is 2.89. The predicted molar refractivity (Wildman–Crippen MR) is 74.8 cm³/mol. The molecule has 0 saturated heterocycles. The zero-order valence-corrected chi connectivity index (χ0v) is 12.0. The van der Waals surface area contributed by atoms with Gasteiger partial charge in [0.25, 0.3) is 0 Å². The van der Waals surface area contributed by atoms with Crippen molar-refractivity contribution in [2.45, 2.75) is 52.1 Å². The number of hydrogen-bond donors (Lipinski definition) is 2. The van der Waals surface area contributed by atoms with Crippen LogP contribution in [0, 0.1) is 5.92 Å². The summed E-state index contributed by atoms with van der Waals surface area (Å²) in [7, 11) is 0. The molecule has 1 heterocycles. The maximum atomic E-state index is 11.4. The van der Waals surface area contributed by atoms with Gasteiger partial charge < -0.3 is 15.1 Å². The summed E-state index contributed by atoms with van der Waals surface area (Å²) >= 11 is 0. The van der Waals surface area contributed by atoms with Crippen molar-refractivity contribution in [3.63, 3.8) is 0 Å². The Morgan fingerprint density at radius 2 is 2.21 bits per heavy atom. The fraction of sp³-hybridized carbons (Fsp3) is 0.667. The first-order valence-corrected chi connectivity index (χ1v) is 7.15. The van der Waals surface area contributed by atoms with E-state index >= 15 is 0 Å². The van der Waals surface area contributed by atoms with E-state index < -0.39 is 0 Å². The minimum Gasteiger partial charge on any atom is -0.464 e. The Kier molecular flexibility index (Phi) is 4.64. The molecule has 4 heteroatoms. The molecule has 0 radical (unpaired) electrons. The third-order valence-electron chi connectivity index (χ3n) is 3.44. The van der Waals surface area contributed by atoms with E-state index in [9.17, 15) is 4.79 Å². The van der Waals surface area contributed by atoms with Crippen LogP contribution in [0.2, 0.25) is 0 Å². The summed E-state index contributed by atoms with van der Waals surface area (Å²) in [5.74, 6) is 3.56. The molecule has 1 aromatic heterocycles. The number of carbonyl (C=O) groups excluding carboxylic acids is 1. The molecule has 2 unspecified atom stereocenters. The van der Waals surface area contributed by atoms with Gasteiger partial charge in [0.1, 0.15) is 11.5 Å². The molecule has 1 amide bonds. The topological polar surface area (TPSA) is 54.3 Å². The van der Waals surface area contributed by atoms with Crippen LogP contribution in [0.4, 0.5) is 0 Å². The number of amides is 1. The maximum absolute atomic E-state index is 11.4. The van der Waals surface area contributed by atoms with Crippen LogP contribution in [0.15, 0.2) is 16.5 Å². The number of nitrogens with one attached hydrogen (secondary N) is 2. The molecule has 0 bridgehead atoms. The Bertz CT molecular complexity index is 426. The lowest BCUT2D eigenvalue weighted by Gasteiger charge is -2.08. The number of rotatable bonds is 7. The monoisotopic (exact) mass is 264 g/mol. The normalized spacial score (nSPS) is 21.7. The second-order valence-corrected chi connectivity index (χ2v) is 5.77. The minimum absolute atomic E-state index is 0.0921. The van der Waals surface area contributed by atoms with E-state index in [0.29, 0.717) is 25.4 Å². The van der Waals surface area contributed by atoms with E-state index in [1.165, 1.54) is 6.42 Å². The van der Waals surface area contributed by atoms with E-state index in [2.05, 4.69) is 23.6 Å². The second kappa shape index (κ2) is 6.24. The van der Waals surface area contributed by atoms with Gasteiger partial charge in [-0.3, -0.25) is 4.79 Å². The first-order valence-electron chi connectivity index (χ1n) is 7.15. The largest absolute Gasteiger partial charge is 0.464 e. The second-order valence-electron chi connectivity index (χ2n) is 5.77. The van der Waals surface area contributed by atoms with Crippen molar-refractivity contribution < 1.29 is 9.21 Å². The molecule has 2 rings (SSSR count). The summed E-state index contributed by atoms with van der Waals surface area (Å²) in [6.07, 6.45) is 1.75. The molecule has 106 valence electrons. The summed E-state index contributed by atoms with van der Waals surface area (Å²) < 4.78 is 5.79. The Labute approximate surface area is 114 Å².